The van der Waals surface area contributed by atoms with Gasteiger partial charge in [0.1, 0.15) is 5.82 Å². The van der Waals surface area contributed by atoms with Crippen LogP contribution >= 0.6 is 0 Å². The molecule has 7 heteroatoms. The van der Waals surface area contributed by atoms with Crippen LogP contribution in [0.3, 0.4) is 0 Å². The van der Waals surface area contributed by atoms with E-state index >= 15 is 0 Å². The number of likely N-dealkylation sites (tertiary alicyclic amines) is 1. The molecule has 1 aliphatic rings. The summed E-state index contributed by atoms with van der Waals surface area (Å²) in [6, 6.07) is 11.0. The Balaban J connectivity index is 1.55. The largest absolute Gasteiger partial charge is 0.338 e. The van der Waals surface area contributed by atoms with Crippen molar-refractivity contribution in [2.75, 3.05) is 13.1 Å². The number of hydrogen-bond donors (Lipinski definition) is 0. The monoisotopic (exact) mass is 397 g/mol. The maximum absolute atomic E-state index is 13.5. The highest BCUT2D eigenvalue weighted by atomic mass is 19.2. The molecule has 0 bridgehead atoms. The van der Waals surface area contributed by atoms with Crippen molar-refractivity contribution in [2.24, 2.45) is 0 Å². The predicted molar refractivity (Wildman–Crippen MR) is 102 cm³/mol. The van der Waals surface area contributed by atoms with Gasteiger partial charge >= 0.3 is 0 Å². The summed E-state index contributed by atoms with van der Waals surface area (Å²) in [5.74, 6) is -2.33. The van der Waals surface area contributed by atoms with Crippen LogP contribution in [-0.4, -0.2) is 33.9 Å². The second-order valence-electron chi connectivity index (χ2n) is 7.03. The molecule has 4 nitrogen and oxygen atoms in total. The second kappa shape index (κ2) is 8.03. The van der Waals surface area contributed by atoms with Crippen LogP contribution in [0.5, 0.6) is 0 Å². The molecule has 2 aromatic carbocycles. The van der Waals surface area contributed by atoms with Gasteiger partial charge in [-0.3, -0.25) is 4.79 Å². The molecule has 0 N–H and O–H groups in total. The number of piperidine rings is 1. The summed E-state index contributed by atoms with van der Waals surface area (Å²) in [5.41, 5.74) is 1.46. The summed E-state index contributed by atoms with van der Waals surface area (Å²) < 4.78 is 40.2. The van der Waals surface area contributed by atoms with E-state index in [4.69, 9.17) is 0 Å². The molecular formula is C22H18F3N3O. The minimum absolute atomic E-state index is 0.0201. The summed E-state index contributed by atoms with van der Waals surface area (Å²) in [4.78, 5) is 23.2. The van der Waals surface area contributed by atoms with E-state index in [1.54, 1.807) is 29.3 Å². The average molecular weight is 397 g/mol. The zero-order valence-electron chi connectivity index (χ0n) is 15.5. The standard InChI is InChI=1S/C22H18F3N3O/c23-17-5-1-3-14(11-17)21-26-9-8-20(27-21)16-4-2-10-28(13-16)22(29)15-6-7-18(24)19(25)12-15/h1,3,5-9,11-12,16H,2,4,10,13H2/t16-/m1/s1. The van der Waals surface area contributed by atoms with Gasteiger partial charge in [0.05, 0.1) is 0 Å². The van der Waals surface area contributed by atoms with Gasteiger partial charge < -0.3 is 4.90 Å². The summed E-state index contributed by atoms with van der Waals surface area (Å²) in [6.45, 7) is 0.952. The molecule has 2 heterocycles. The van der Waals surface area contributed by atoms with Crippen molar-refractivity contribution in [3.05, 3.63) is 83.4 Å². The van der Waals surface area contributed by atoms with Crippen LogP contribution in [-0.2, 0) is 0 Å². The van der Waals surface area contributed by atoms with E-state index in [0.717, 1.165) is 30.7 Å². The Bertz CT molecular complexity index is 1060. The lowest BCUT2D eigenvalue weighted by Crippen LogP contribution is -2.39. The third-order valence-corrected chi connectivity index (χ3v) is 5.05. The van der Waals surface area contributed by atoms with Gasteiger partial charge in [-0.1, -0.05) is 12.1 Å². The molecule has 1 aliphatic heterocycles. The van der Waals surface area contributed by atoms with Crippen molar-refractivity contribution < 1.29 is 18.0 Å². The Morgan fingerprint density at radius 3 is 2.69 bits per heavy atom. The Morgan fingerprint density at radius 2 is 1.90 bits per heavy atom. The molecule has 1 amide bonds. The number of aromatic nitrogens is 2. The van der Waals surface area contributed by atoms with Gasteiger partial charge in [0.25, 0.3) is 5.91 Å². The van der Waals surface area contributed by atoms with Gasteiger partial charge in [0.15, 0.2) is 17.5 Å². The quantitative estimate of drug-likeness (QED) is 0.650. The number of benzene rings is 2. The Morgan fingerprint density at radius 1 is 1.03 bits per heavy atom. The molecule has 1 fully saturated rings. The molecule has 0 aliphatic carbocycles. The Hall–Kier alpha value is -3.22. The molecule has 0 saturated carbocycles. The van der Waals surface area contributed by atoms with Gasteiger partial charge in [-0.15, -0.1) is 0 Å². The maximum atomic E-state index is 13.5. The van der Waals surface area contributed by atoms with Gasteiger partial charge in [0.2, 0.25) is 0 Å². The Labute approximate surface area is 166 Å². The third kappa shape index (κ3) is 4.13. The number of carbonyl (C=O) groups is 1. The lowest BCUT2D eigenvalue weighted by Gasteiger charge is -2.32. The maximum Gasteiger partial charge on any atom is 0.253 e. The molecule has 0 radical (unpaired) electrons. The second-order valence-corrected chi connectivity index (χ2v) is 7.03. The molecular weight excluding hydrogens is 379 g/mol. The minimum Gasteiger partial charge on any atom is -0.338 e. The van der Waals surface area contributed by atoms with E-state index in [2.05, 4.69) is 9.97 Å². The average Bonchev–Trinajstić information content (AvgIpc) is 2.75. The van der Waals surface area contributed by atoms with E-state index < -0.39 is 11.6 Å². The number of rotatable bonds is 3. The van der Waals surface area contributed by atoms with Gasteiger partial charge in [-0.25, -0.2) is 23.1 Å². The van der Waals surface area contributed by atoms with Crippen molar-refractivity contribution in [1.29, 1.82) is 0 Å². The highest BCUT2D eigenvalue weighted by Gasteiger charge is 2.27. The van der Waals surface area contributed by atoms with E-state index in [9.17, 15) is 18.0 Å². The lowest BCUT2D eigenvalue weighted by atomic mass is 9.94. The molecule has 4 rings (SSSR count). The highest BCUT2D eigenvalue weighted by Crippen LogP contribution is 2.28. The van der Waals surface area contributed by atoms with Crippen LogP contribution in [0, 0.1) is 17.5 Å². The third-order valence-electron chi connectivity index (χ3n) is 5.05. The van der Waals surface area contributed by atoms with Crippen LogP contribution in [0.15, 0.2) is 54.7 Å². The first-order valence-electron chi connectivity index (χ1n) is 9.34. The number of halogens is 3. The predicted octanol–water partition coefficient (Wildman–Crippen LogP) is 4.58. The van der Waals surface area contributed by atoms with E-state index in [1.165, 1.54) is 18.2 Å². The molecule has 3 aromatic rings. The zero-order chi connectivity index (χ0) is 20.4. The van der Waals surface area contributed by atoms with E-state index in [-0.39, 0.29) is 23.2 Å². The van der Waals surface area contributed by atoms with Crippen LogP contribution in [0.25, 0.3) is 11.4 Å². The van der Waals surface area contributed by atoms with Gasteiger partial charge in [0, 0.05) is 42.0 Å². The fraction of sp³-hybridized carbons (Fsp3) is 0.227. The fourth-order valence-corrected chi connectivity index (χ4v) is 3.58. The molecule has 1 aromatic heterocycles. The van der Waals surface area contributed by atoms with Crippen molar-refractivity contribution in [1.82, 2.24) is 14.9 Å². The Kier molecular flexibility index (Phi) is 5.29. The van der Waals surface area contributed by atoms with Crippen LogP contribution < -0.4 is 0 Å². The van der Waals surface area contributed by atoms with Crippen LogP contribution in [0.2, 0.25) is 0 Å². The molecule has 1 atom stereocenters. The first kappa shape index (κ1) is 19.1. The zero-order valence-corrected chi connectivity index (χ0v) is 15.5. The number of amides is 1. The highest BCUT2D eigenvalue weighted by molar-refractivity contribution is 5.94. The number of nitrogens with zero attached hydrogens (tertiary/aromatic N) is 3. The fourth-order valence-electron chi connectivity index (χ4n) is 3.58. The molecule has 29 heavy (non-hydrogen) atoms. The smallest absolute Gasteiger partial charge is 0.253 e. The SMILES string of the molecule is O=C(c1ccc(F)c(F)c1)N1CCC[C@@H](c2ccnc(-c3cccc(F)c3)n2)C1. The molecule has 148 valence electrons. The van der Waals surface area contributed by atoms with Crippen LogP contribution in [0.4, 0.5) is 13.2 Å². The first-order valence-corrected chi connectivity index (χ1v) is 9.34. The molecule has 1 saturated heterocycles. The summed E-state index contributed by atoms with van der Waals surface area (Å²) in [6.07, 6.45) is 3.22. The van der Waals surface area contributed by atoms with Gasteiger partial charge in [-0.05, 0) is 49.2 Å². The van der Waals surface area contributed by atoms with Crippen molar-refractivity contribution >= 4 is 5.91 Å². The minimum atomic E-state index is -1.04. The summed E-state index contributed by atoms with van der Waals surface area (Å²) in [5, 5.41) is 0. The van der Waals surface area contributed by atoms with Crippen molar-refractivity contribution in [3.63, 3.8) is 0 Å². The van der Waals surface area contributed by atoms with Crippen molar-refractivity contribution in [2.45, 2.75) is 18.8 Å². The molecule has 0 unspecified atom stereocenters. The van der Waals surface area contributed by atoms with Crippen LogP contribution in [0.1, 0.15) is 34.8 Å². The summed E-state index contributed by atoms with van der Waals surface area (Å²) in [7, 11) is 0. The van der Waals surface area contributed by atoms with Crippen molar-refractivity contribution in [3.8, 4) is 11.4 Å². The number of hydrogen-bond acceptors (Lipinski definition) is 3. The molecule has 0 spiro atoms. The normalized spacial score (nSPS) is 16.7. The number of carbonyl (C=O) groups excluding carboxylic acids is 1. The van der Waals surface area contributed by atoms with E-state index in [0.29, 0.717) is 24.5 Å². The topological polar surface area (TPSA) is 46.1 Å². The van der Waals surface area contributed by atoms with E-state index in [1.807, 2.05) is 0 Å². The lowest BCUT2D eigenvalue weighted by molar-refractivity contribution is 0.0705. The first-order chi connectivity index (χ1) is 14.0. The summed E-state index contributed by atoms with van der Waals surface area (Å²) >= 11 is 0. The van der Waals surface area contributed by atoms with Gasteiger partial charge in [-0.2, -0.15) is 0 Å².